The molecule has 1 N–H and O–H groups in total. The number of thiazole rings is 1. The van der Waals surface area contributed by atoms with Gasteiger partial charge >= 0.3 is 0 Å². The van der Waals surface area contributed by atoms with Crippen LogP contribution in [0.2, 0.25) is 0 Å². The van der Waals surface area contributed by atoms with Gasteiger partial charge in [0, 0.05) is 17.4 Å². The zero-order valence-corrected chi connectivity index (χ0v) is 9.67. The predicted molar refractivity (Wildman–Crippen MR) is 62.9 cm³/mol. The molecule has 1 atom stereocenters. The van der Waals surface area contributed by atoms with Crippen LogP contribution in [0.3, 0.4) is 0 Å². The monoisotopic (exact) mass is 237 g/mol. The minimum Gasteiger partial charge on any atom is -0.393 e. The number of hydrogen-bond acceptors (Lipinski definition) is 3. The number of rotatable bonds is 3. The first-order valence-electron chi connectivity index (χ1n) is 5.04. The van der Waals surface area contributed by atoms with Crippen LogP contribution >= 0.6 is 11.3 Å². The van der Waals surface area contributed by atoms with E-state index in [-0.39, 0.29) is 5.82 Å². The fourth-order valence-electron chi connectivity index (χ4n) is 1.46. The fraction of sp³-hybridized carbons (Fsp3) is 0.250. The Labute approximate surface area is 97.4 Å². The normalized spacial score (nSPS) is 12.7. The lowest BCUT2D eigenvalue weighted by Gasteiger charge is -1.99. The van der Waals surface area contributed by atoms with Crippen LogP contribution in [0, 0.1) is 5.82 Å². The standard InChI is InChI=1S/C12H12FNOS/c1-8(15)6-9-7-16-12(14-9)10-4-2-3-5-11(10)13/h2-5,7-8,15H,6H2,1H3. The number of nitrogens with zero attached hydrogens (tertiary/aromatic N) is 1. The molecule has 1 unspecified atom stereocenters. The molecule has 2 rings (SSSR count). The van der Waals surface area contributed by atoms with E-state index in [1.165, 1.54) is 17.4 Å². The highest BCUT2D eigenvalue weighted by atomic mass is 32.1. The Hall–Kier alpha value is -1.26. The van der Waals surface area contributed by atoms with Gasteiger partial charge in [0.2, 0.25) is 0 Å². The molecule has 2 nitrogen and oxygen atoms in total. The van der Waals surface area contributed by atoms with E-state index >= 15 is 0 Å². The molecule has 0 aliphatic carbocycles. The SMILES string of the molecule is CC(O)Cc1csc(-c2ccccc2F)n1. The predicted octanol–water partition coefficient (Wildman–Crippen LogP) is 2.87. The number of benzene rings is 1. The van der Waals surface area contributed by atoms with Crippen LogP contribution in [0.1, 0.15) is 12.6 Å². The molecule has 0 spiro atoms. The number of aliphatic hydroxyl groups excluding tert-OH is 1. The van der Waals surface area contributed by atoms with Crippen molar-refractivity contribution in [2.24, 2.45) is 0 Å². The number of aliphatic hydroxyl groups is 1. The molecule has 1 aromatic carbocycles. The van der Waals surface area contributed by atoms with Crippen LogP contribution in [0.15, 0.2) is 29.6 Å². The summed E-state index contributed by atoms with van der Waals surface area (Å²) in [6, 6.07) is 6.57. The summed E-state index contributed by atoms with van der Waals surface area (Å²) in [5, 5.41) is 11.7. The van der Waals surface area contributed by atoms with Crippen molar-refractivity contribution in [1.82, 2.24) is 4.98 Å². The first kappa shape index (κ1) is 11.2. The van der Waals surface area contributed by atoms with E-state index in [0.29, 0.717) is 17.0 Å². The topological polar surface area (TPSA) is 33.1 Å². The van der Waals surface area contributed by atoms with Crippen LogP contribution in [0.4, 0.5) is 4.39 Å². The van der Waals surface area contributed by atoms with Crippen LogP contribution in [0.5, 0.6) is 0 Å². The third-order valence-corrected chi connectivity index (χ3v) is 3.08. The molecule has 2 aromatic rings. The molecule has 0 fully saturated rings. The second kappa shape index (κ2) is 4.72. The number of hydrogen-bond donors (Lipinski definition) is 1. The van der Waals surface area contributed by atoms with Crippen molar-refractivity contribution >= 4 is 11.3 Å². The van der Waals surface area contributed by atoms with E-state index < -0.39 is 6.10 Å². The smallest absolute Gasteiger partial charge is 0.133 e. The molecular formula is C12H12FNOS. The molecule has 4 heteroatoms. The fourth-order valence-corrected chi connectivity index (χ4v) is 2.32. The van der Waals surface area contributed by atoms with Crippen molar-refractivity contribution in [1.29, 1.82) is 0 Å². The van der Waals surface area contributed by atoms with Gasteiger partial charge in [-0.25, -0.2) is 9.37 Å². The second-order valence-electron chi connectivity index (χ2n) is 3.68. The first-order valence-corrected chi connectivity index (χ1v) is 5.92. The summed E-state index contributed by atoms with van der Waals surface area (Å²) in [7, 11) is 0. The maximum absolute atomic E-state index is 13.5. The van der Waals surface area contributed by atoms with Gasteiger partial charge in [-0.05, 0) is 19.1 Å². The van der Waals surface area contributed by atoms with Crippen LogP contribution < -0.4 is 0 Å². The van der Waals surface area contributed by atoms with Gasteiger partial charge in [-0.3, -0.25) is 0 Å². The molecule has 84 valence electrons. The summed E-state index contributed by atoms with van der Waals surface area (Å²) in [6.45, 7) is 1.71. The van der Waals surface area contributed by atoms with E-state index in [0.717, 1.165) is 5.69 Å². The zero-order chi connectivity index (χ0) is 11.5. The minimum absolute atomic E-state index is 0.263. The third-order valence-electron chi connectivity index (χ3n) is 2.16. The average Bonchev–Trinajstić information content (AvgIpc) is 2.66. The van der Waals surface area contributed by atoms with E-state index in [1.807, 2.05) is 5.38 Å². The van der Waals surface area contributed by atoms with E-state index in [4.69, 9.17) is 0 Å². The van der Waals surface area contributed by atoms with Gasteiger partial charge in [0.15, 0.2) is 0 Å². The third kappa shape index (κ3) is 2.46. The van der Waals surface area contributed by atoms with Crippen LogP contribution in [-0.4, -0.2) is 16.2 Å². The van der Waals surface area contributed by atoms with E-state index in [1.54, 1.807) is 25.1 Å². The van der Waals surface area contributed by atoms with Crippen molar-refractivity contribution in [2.75, 3.05) is 0 Å². The van der Waals surface area contributed by atoms with Crippen LogP contribution in [-0.2, 0) is 6.42 Å². The highest BCUT2D eigenvalue weighted by Crippen LogP contribution is 2.26. The lowest BCUT2D eigenvalue weighted by atomic mass is 10.2. The molecule has 0 aliphatic rings. The van der Waals surface area contributed by atoms with Gasteiger partial charge in [-0.1, -0.05) is 12.1 Å². The summed E-state index contributed by atoms with van der Waals surface area (Å²) in [5.74, 6) is -0.263. The number of halogens is 1. The zero-order valence-electron chi connectivity index (χ0n) is 8.85. The molecule has 0 radical (unpaired) electrons. The quantitative estimate of drug-likeness (QED) is 0.890. The molecular weight excluding hydrogens is 225 g/mol. The van der Waals surface area contributed by atoms with Crippen molar-refractivity contribution in [3.8, 4) is 10.6 Å². The van der Waals surface area contributed by atoms with Crippen molar-refractivity contribution in [3.05, 3.63) is 41.2 Å². The summed E-state index contributed by atoms with van der Waals surface area (Å²) >= 11 is 1.40. The molecule has 1 heterocycles. The van der Waals surface area contributed by atoms with E-state index in [9.17, 15) is 9.50 Å². The van der Waals surface area contributed by atoms with Gasteiger partial charge in [-0.15, -0.1) is 11.3 Å². The molecule has 0 aliphatic heterocycles. The molecule has 0 saturated heterocycles. The van der Waals surface area contributed by atoms with Crippen molar-refractivity contribution < 1.29 is 9.50 Å². The largest absolute Gasteiger partial charge is 0.393 e. The Morgan fingerprint density at radius 2 is 2.19 bits per heavy atom. The maximum Gasteiger partial charge on any atom is 0.133 e. The first-order chi connectivity index (χ1) is 7.66. The molecule has 0 bridgehead atoms. The second-order valence-corrected chi connectivity index (χ2v) is 4.54. The Morgan fingerprint density at radius 3 is 2.88 bits per heavy atom. The van der Waals surface area contributed by atoms with Crippen molar-refractivity contribution in [3.63, 3.8) is 0 Å². The molecule has 16 heavy (non-hydrogen) atoms. The Balaban J connectivity index is 2.28. The molecule has 1 aromatic heterocycles. The highest BCUT2D eigenvalue weighted by molar-refractivity contribution is 7.13. The summed E-state index contributed by atoms with van der Waals surface area (Å²) in [5.41, 5.74) is 1.32. The van der Waals surface area contributed by atoms with Gasteiger partial charge in [0.1, 0.15) is 10.8 Å². The van der Waals surface area contributed by atoms with Gasteiger partial charge in [0.25, 0.3) is 0 Å². The highest BCUT2D eigenvalue weighted by Gasteiger charge is 2.09. The maximum atomic E-state index is 13.5. The van der Waals surface area contributed by atoms with Gasteiger partial charge in [-0.2, -0.15) is 0 Å². The lowest BCUT2D eigenvalue weighted by molar-refractivity contribution is 0.194. The minimum atomic E-state index is -0.421. The molecule has 0 amide bonds. The molecule has 0 saturated carbocycles. The van der Waals surface area contributed by atoms with E-state index in [2.05, 4.69) is 4.98 Å². The number of aromatic nitrogens is 1. The Morgan fingerprint density at radius 1 is 1.44 bits per heavy atom. The summed E-state index contributed by atoms with van der Waals surface area (Å²) in [6.07, 6.45) is 0.0841. The average molecular weight is 237 g/mol. The summed E-state index contributed by atoms with van der Waals surface area (Å²) < 4.78 is 13.5. The van der Waals surface area contributed by atoms with Gasteiger partial charge < -0.3 is 5.11 Å². The van der Waals surface area contributed by atoms with Crippen molar-refractivity contribution in [2.45, 2.75) is 19.4 Å². The Kier molecular flexibility index (Phi) is 3.31. The summed E-state index contributed by atoms with van der Waals surface area (Å²) in [4.78, 5) is 4.30. The Bertz CT molecular complexity index is 481. The lowest BCUT2D eigenvalue weighted by Crippen LogP contribution is -2.04. The van der Waals surface area contributed by atoms with Gasteiger partial charge in [0.05, 0.1) is 11.8 Å². The van der Waals surface area contributed by atoms with Crippen LogP contribution in [0.25, 0.3) is 10.6 Å².